The predicted molar refractivity (Wildman–Crippen MR) is 110 cm³/mol. The summed E-state index contributed by atoms with van der Waals surface area (Å²) in [5, 5.41) is 8.19. The molecule has 3 heteroatoms. The Morgan fingerprint density at radius 1 is 0.741 bits per heavy atom. The van der Waals surface area contributed by atoms with Crippen LogP contribution < -0.4 is 9.47 Å². The molecule has 0 radical (unpaired) electrons. The number of hydrogen-bond donors (Lipinski definition) is 1. The standard InChI is InChI=1S/C24H25NO2/c1-2-26-22-13-15-23(16-14-22)27-18-20-10-8-19(9-11-20)12-17-24(25)21-6-4-3-5-7-21/h3-11,13-16,25H,2,12,17-18H2,1H3. The summed E-state index contributed by atoms with van der Waals surface area (Å²) in [5.41, 5.74) is 4.04. The maximum Gasteiger partial charge on any atom is 0.120 e. The highest BCUT2D eigenvalue weighted by Gasteiger charge is 2.03. The first-order valence-electron chi connectivity index (χ1n) is 9.31. The zero-order valence-corrected chi connectivity index (χ0v) is 15.7. The van der Waals surface area contributed by atoms with E-state index in [-0.39, 0.29) is 0 Å². The molecule has 138 valence electrons. The van der Waals surface area contributed by atoms with Crippen LogP contribution in [0.1, 0.15) is 30.0 Å². The number of benzene rings is 3. The third kappa shape index (κ3) is 5.71. The van der Waals surface area contributed by atoms with Crippen LogP contribution in [0.25, 0.3) is 0 Å². The van der Waals surface area contributed by atoms with E-state index < -0.39 is 0 Å². The molecule has 0 unspecified atom stereocenters. The molecule has 0 aliphatic carbocycles. The van der Waals surface area contributed by atoms with Crippen LogP contribution in [0.3, 0.4) is 0 Å². The van der Waals surface area contributed by atoms with Gasteiger partial charge >= 0.3 is 0 Å². The van der Waals surface area contributed by atoms with Crippen molar-refractivity contribution >= 4 is 5.71 Å². The maximum atomic E-state index is 8.19. The molecule has 0 aromatic heterocycles. The van der Waals surface area contributed by atoms with Crippen molar-refractivity contribution in [3.63, 3.8) is 0 Å². The molecular weight excluding hydrogens is 334 g/mol. The first kappa shape index (κ1) is 18.7. The second kappa shape index (κ2) is 9.58. The Bertz CT molecular complexity index is 840. The first-order valence-corrected chi connectivity index (χ1v) is 9.31. The molecule has 0 amide bonds. The Morgan fingerprint density at radius 3 is 1.96 bits per heavy atom. The van der Waals surface area contributed by atoms with Crippen molar-refractivity contribution < 1.29 is 9.47 Å². The highest BCUT2D eigenvalue weighted by Crippen LogP contribution is 2.19. The molecule has 0 saturated heterocycles. The molecule has 0 saturated carbocycles. The molecule has 3 rings (SSSR count). The van der Waals surface area contributed by atoms with E-state index in [1.54, 1.807) is 0 Å². The number of nitrogens with one attached hydrogen (secondary N) is 1. The normalized spacial score (nSPS) is 10.4. The Kier molecular flexibility index (Phi) is 6.64. The van der Waals surface area contributed by atoms with Crippen molar-refractivity contribution in [3.05, 3.63) is 95.6 Å². The number of hydrogen-bond acceptors (Lipinski definition) is 3. The lowest BCUT2D eigenvalue weighted by molar-refractivity contribution is 0.304. The summed E-state index contributed by atoms with van der Waals surface area (Å²) in [6.45, 7) is 3.17. The molecule has 0 aliphatic heterocycles. The zero-order valence-electron chi connectivity index (χ0n) is 15.7. The fraction of sp³-hybridized carbons (Fsp3) is 0.208. The highest BCUT2D eigenvalue weighted by atomic mass is 16.5. The van der Waals surface area contributed by atoms with Crippen LogP contribution in [-0.4, -0.2) is 12.3 Å². The van der Waals surface area contributed by atoms with Gasteiger partial charge in [-0.2, -0.15) is 0 Å². The van der Waals surface area contributed by atoms with Gasteiger partial charge in [-0.1, -0.05) is 54.6 Å². The summed E-state index contributed by atoms with van der Waals surface area (Å²) in [5.74, 6) is 1.69. The smallest absolute Gasteiger partial charge is 0.120 e. The molecule has 0 aliphatic rings. The summed E-state index contributed by atoms with van der Waals surface area (Å²) in [6, 6.07) is 26.0. The minimum atomic E-state index is 0.536. The second-order valence-corrected chi connectivity index (χ2v) is 6.35. The lowest BCUT2D eigenvalue weighted by Crippen LogP contribution is -2.01. The molecule has 0 heterocycles. The Balaban J connectivity index is 1.47. The van der Waals surface area contributed by atoms with Crippen molar-refractivity contribution in [1.82, 2.24) is 0 Å². The van der Waals surface area contributed by atoms with Gasteiger partial charge in [0.05, 0.1) is 6.61 Å². The molecule has 3 aromatic carbocycles. The second-order valence-electron chi connectivity index (χ2n) is 6.35. The first-order chi connectivity index (χ1) is 13.2. The minimum Gasteiger partial charge on any atom is -0.494 e. The fourth-order valence-electron chi connectivity index (χ4n) is 2.82. The Morgan fingerprint density at radius 2 is 1.33 bits per heavy atom. The summed E-state index contributed by atoms with van der Waals surface area (Å²) in [4.78, 5) is 0. The van der Waals surface area contributed by atoms with Gasteiger partial charge in [-0.3, -0.25) is 0 Å². The number of rotatable bonds is 9. The lowest BCUT2D eigenvalue weighted by atomic mass is 10.0. The van der Waals surface area contributed by atoms with Crippen molar-refractivity contribution in [2.45, 2.75) is 26.4 Å². The maximum absolute atomic E-state index is 8.19. The van der Waals surface area contributed by atoms with Crippen LogP contribution in [0.5, 0.6) is 11.5 Å². The van der Waals surface area contributed by atoms with Crippen LogP contribution in [0.4, 0.5) is 0 Å². The minimum absolute atomic E-state index is 0.536. The van der Waals surface area contributed by atoms with Gasteiger partial charge in [0.25, 0.3) is 0 Å². The number of ether oxygens (including phenoxy) is 2. The molecule has 0 atom stereocenters. The van der Waals surface area contributed by atoms with E-state index in [1.807, 2.05) is 61.5 Å². The molecule has 1 N–H and O–H groups in total. The third-order valence-electron chi connectivity index (χ3n) is 4.35. The SMILES string of the molecule is CCOc1ccc(OCc2ccc(CCC(=N)c3ccccc3)cc2)cc1. The van der Waals surface area contributed by atoms with E-state index in [1.165, 1.54) is 5.56 Å². The van der Waals surface area contributed by atoms with E-state index in [2.05, 4.69) is 24.3 Å². The van der Waals surface area contributed by atoms with E-state index in [9.17, 15) is 0 Å². The predicted octanol–water partition coefficient (Wildman–Crippen LogP) is 5.66. The lowest BCUT2D eigenvalue weighted by Gasteiger charge is -2.09. The van der Waals surface area contributed by atoms with Crippen LogP contribution in [-0.2, 0) is 13.0 Å². The van der Waals surface area contributed by atoms with Crippen LogP contribution >= 0.6 is 0 Å². The molecule has 0 bridgehead atoms. The largest absolute Gasteiger partial charge is 0.494 e. The van der Waals surface area contributed by atoms with E-state index in [0.717, 1.165) is 35.5 Å². The van der Waals surface area contributed by atoms with E-state index in [0.29, 0.717) is 18.9 Å². The molecule has 0 fully saturated rings. The average Bonchev–Trinajstić information content (AvgIpc) is 2.73. The molecule has 0 spiro atoms. The quantitative estimate of drug-likeness (QED) is 0.501. The van der Waals surface area contributed by atoms with Gasteiger partial charge in [0.15, 0.2) is 0 Å². The van der Waals surface area contributed by atoms with Crippen LogP contribution in [0.15, 0.2) is 78.9 Å². The van der Waals surface area contributed by atoms with Crippen LogP contribution in [0, 0.1) is 5.41 Å². The Labute approximate surface area is 161 Å². The molecular formula is C24H25NO2. The van der Waals surface area contributed by atoms with E-state index in [4.69, 9.17) is 14.9 Å². The van der Waals surface area contributed by atoms with Crippen LogP contribution in [0.2, 0.25) is 0 Å². The van der Waals surface area contributed by atoms with Gasteiger partial charge in [-0.15, -0.1) is 0 Å². The van der Waals surface area contributed by atoms with Crippen molar-refractivity contribution in [1.29, 1.82) is 5.41 Å². The van der Waals surface area contributed by atoms with Crippen molar-refractivity contribution in [2.75, 3.05) is 6.61 Å². The average molecular weight is 359 g/mol. The van der Waals surface area contributed by atoms with Crippen molar-refractivity contribution in [3.8, 4) is 11.5 Å². The van der Waals surface area contributed by atoms with Gasteiger partial charge in [-0.25, -0.2) is 0 Å². The number of aryl methyl sites for hydroxylation is 1. The summed E-state index contributed by atoms with van der Waals surface area (Å²) >= 11 is 0. The summed E-state index contributed by atoms with van der Waals surface area (Å²) in [6.07, 6.45) is 1.61. The van der Waals surface area contributed by atoms with Crippen molar-refractivity contribution in [2.24, 2.45) is 0 Å². The third-order valence-corrected chi connectivity index (χ3v) is 4.35. The topological polar surface area (TPSA) is 42.3 Å². The van der Waals surface area contributed by atoms with Gasteiger partial charge < -0.3 is 14.9 Å². The molecule has 27 heavy (non-hydrogen) atoms. The zero-order chi connectivity index (χ0) is 18.9. The van der Waals surface area contributed by atoms with E-state index >= 15 is 0 Å². The Hall–Kier alpha value is -3.07. The summed E-state index contributed by atoms with van der Waals surface area (Å²) < 4.78 is 11.3. The molecule has 3 aromatic rings. The van der Waals surface area contributed by atoms with Gasteiger partial charge in [0, 0.05) is 5.71 Å². The highest BCUT2D eigenvalue weighted by molar-refractivity contribution is 5.98. The fourth-order valence-corrected chi connectivity index (χ4v) is 2.82. The molecule has 3 nitrogen and oxygen atoms in total. The van der Waals surface area contributed by atoms with Gasteiger partial charge in [0.2, 0.25) is 0 Å². The van der Waals surface area contributed by atoms with Gasteiger partial charge in [0.1, 0.15) is 18.1 Å². The monoisotopic (exact) mass is 359 g/mol. The van der Waals surface area contributed by atoms with Gasteiger partial charge in [-0.05, 0) is 60.7 Å². The summed E-state index contributed by atoms with van der Waals surface area (Å²) in [7, 11) is 0.